The summed E-state index contributed by atoms with van der Waals surface area (Å²) in [5, 5.41) is 13.2. The molecular formula is C9H15NOS2. The molecule has 0 spiro atoms. The fraction of sp³-hybridized carbons (Fsp3) is 0.556. The number of thiophene rings is 1. The Morgan fingerprint density at radius 1 is 1.69 bits per heavy atom. The molecule has 0 bridgehead atoms. The second-order valence-corrected chi connectivity index (χ2v) is 4.96. The molecule has 0 aliphatic carbocycles. The maximum atomic E-state index is 8.74. The van der Waals surface area contributed by atoms with Crippen LogP contribution in [-0.4, -0.2) is 23.5 Å². The van der Waals surface area contributed by atoms with Crippen molar-refractivity contribution in [3.05, 3.63) is 22.4 Å². The van der Waals surface area contributed by atoms with Crippen molar-refractivity contribution in [3.8, 4) is 0 Å². The van der Waals surface area contributed by atoms with E-state index < -0.39 is 0 Å². The lowest BCUT2D eigenvalue weighted by atomic mass is 10.1. The summed E-state index contributed by atoms with van der Waals surface area (Å²) >= 11 is 3.41. The third-order valence-corrected chi connectivity index (χ3v) is 3.92. The van der Waals surface area contributed by atoms with E-state index in [1.807, 2.05) is 6.92 Å². The van der Waals surface area contributed by atoms with Crippen LogP contribution in [0.5, 0.6) is 0 Å². The average molecular weight is 217 g/mol. The maximum Gasteiger partial charge on any atom is 0.0521 e. The number of thioether (sulfide) groups is 1. The van der Waals surface area contributed by atoms with Gasteiger partial charge in [-0.1, -0.05) is 0 Å². The van der Waals surface area contributed by atoms with Crippen molar-refractivity contribution in [3.63, 3.8) is 0 Å². The van der Waals surface area contributed by atoms with Crippen molar-refractivity contribution in [1.29, 1.82) is 0 Å². The van der Waals surface area contributed by atoms with Crippen LogP contribution >= 0.6 is 23.1 Å². The number of aliphatic hydroxyl groups excluding tert-OH is 1. The third-order valence-electron chi connectivity index (χ3n) is 1.74. The smallest absolute Gasteiger partial charge is 0.0521 e. The summed E-state index contributed by atoms with van der Waals surface area (Å²) < 4.78 is 0. The van der Waals surface area contributed by atoms with Crippen LogP contribution in [0.3, 0.4) is 0 Å². The molecule has 4 heteroatoms. The van der Waals surface area contributed by atoms with Gasteiger partial charge in [-0.3, -0.25) is 0 Å². The molecule has 0 aliphatic rings. The lowest BCUT2D eigenvalue weighted by molar-refractivity contribution is 0.322. The van der Waals surface area contributed by atoms with Gasteiger partial charge >= 0.3 is 0 Å². The van der Waals surface area contributed by atoms with Gasteiger partial charge in [0.15, 0.2) is 0 Å². The van der Waals surface area contributed by atoms with Crippen molar-refractivity contribution < 1.29 is 5.11 Å². The number of nitrogens with two attached hydrogens (primary N) is 1. The SMILES string of the molecule is CC(N)C(SCCO)c1ccsc1. The van der Waals surface area contributed by atoms with Gasteiger partial charge in [-0.2, -0.15) is 11.3 Å². The highest BCUT2D eigenvalue weighted by Crippen LogP contribution is 2.32. The average Bonchev–Trinajstić information content (AvgIpc) is 2.57. The Kier molecular flexibility index (Phi) is 4.80. The Morgan fingerprint density at radius 2 is 2.46 bits per heavy atom. The Bertz CT molecular complexity index is 224. The van der Waals surface area contributed by atoms with Crippen molar-refractivity contribution in [2.45, 2.75) is 18.2 Å². The summed E-state index contributed by atoms with van der Waals surface area (Å²) in [6.45, 7) is 2.23. The van der Waals surface area contributed by atoms with Gasteiger partial charge in [0.25, 0.3) is 0 Å². The molecule has 2 nitrogen and oxygen atoms in total. The van der Waals surface area contributed by atoms with Crippen molar-refractivity contribution in [2.75, 3.05) is 12.4 Å². The minimum atomic E-state index is 0.131. The zero-order valence-electron chi connectivity index (χ0n) is 7.64. The van der Waals surface area contributed by atoms with Crippen LogP contribution in [0.1, 0.15) is 17.7 Å². The summed E-state index contributed by atoms with van der Waals surface area (Å²) in [5.74, 6) is 0.752. The molecular weight excluding hydrogens is 202 g/mol. The summed E-state index contributed by atoms with van der Waals surface area (Å²) in [7, 11) is 0. The van der Waals surface area contributed by atoms with Crippen molar-refractivity contribution in [1.82, 2.24) is 0 Å². The molecule has 0 radical (unpaired) electrons. The zero-order chi connectivity index (χ0) is 9.68. The lowest BCUT2D eigenvalue weighted by Gasteiger charge is -2.18. The quantitative estimate of drug-likeness (QED) is 0.791. The van der Waals surface area contributed by atoms with Crippen LogP contribution in [0.4, 0.5) is 0 Å². The molecule has 74 valence electrons. The van der Waals surface area contributed by atoms with E-state index in [-0.39, 0.29) is 12.6 Å². The van der Waals surface area contributed by atoms with E-state index in [9.17, 15) is 0 Å². The standard InChI is InChI=1S/C9H15NOS2/c1-7(10)9(13-5-3-11)8-2-4-12-6-8/h2,4,6-7,9,11H,3,5,10H2,1H3. The summed E-state index contributed by atoms with van der Waals surface area (Å²) in [5.41, 5.74) is 7.15. The molecule has 0 saturated carbocycles. The molecule has 3 N–H and O–H groups in total. The van der Waals surface area contributed by atoms with E-state index in [1.165, 1.54) is 5.56 Å². The fourth-order valence-electron chi connectivity index (χ4n) is 1.17. The van der Waals surface area contributed by atoms with Crippen LogP contribution < -0.4 is 5.73 Å². The third kappa shape index (κ3) is 3.31. The fourth-order valence-corrected chi connectivity index (χ4v) is 2.95. The van der Waals surface area contributed by atoms with Crippen molar-refractivity contribution in [2.24, 2.45) is 5.73 Å². The molecule has 1 aromatic rings. The van der Waals surface area contributed by atoms with Crippen LogP contribution in [0, 0.1) is 0 Å². The summed E-state index contributed by atoms with van der Waals surface area (Å²) in [6, 6.07) is 2.23. The summed E-state index contributed by atoms with van der Waals surface area (Å²) in [4.78, 5) is 0. The monoisotopic (exact) mass is 217 g/mol. The number of aliphatic hydroxyl groups is 1. The van der Waals surface area contributed by atoms with Gasteiger partial charge in [-0.15, -0.1) is 11.8 Å². The molecule has 1 heterocycles. The highest BCUT2D eigenvalue weighted by molar-refractivity contribution is 7.99. The Labute approximate surface area is 87.2 Å². The first-order valence-corrected chi connectivity index (χ1v) is 6.25. The van der Waals surface area contributed by atoms with Gasteiger partial charge in [0, 0.05) is 17.0 Å². The lowest BCUT2D eigenvalue weighted by Crippen LogP contribution is -2.22. The highest BCUT2D eigenvalue weighted by atomic mass is 32.2. The highest BCUT2D eigenvalue weighted by Gasteiger charge is 2.16. The molecule has 0 aromatic carbocycles. The Morgan fingerprint density at radius 3 is 2.92 bits per heavy atom. The normalized spacial score (nSPS) is 15.6. The predicted molar refractivity (Wildman–Crippen MR) is 60.3 cm³/mol. The van der Waals surface area contributed by atoms with Crippen molar-refractivity contribution >= 4 is 23.1 Å². The van der Waals surface area contributed by atoms with Crippen LogP contribution in [-0.2, 0) is 0 Å². The Balaban J connectivity index is 2.58. The van der Waals surface area contributed by atoms with E-state index in [4.69, 9.17) is 10.8 Å². The molecule has 2 unspecified atom stereocenters. The molecule has 0 saturated heterocycles. The van der Waals surface area contributed by atoms with Gasteiger partial charge < -0.3 is 10.8 Å². The zero-order valence-corrected chi connectivity index (χ0v) is 9.28. The Hall–Kier alpha value is -0.0300. The van der Waals surface area contributed by atoms with Gasteiger partial charge in [0.05, 0.1) is 6.61 Å². The van der Waals surface area contributed by atoms with Crippen LogP contribution in [0.25, 0.3) is 0 Å². The van der Waals surface area contributed by atoms with E-state index in [0.29, 0.717) is 5.25 Å². The first kappa shape index (κ1) is 11.0. The number of rotatable bonds is 5. The first-order valence-electron chi connectivity index (χ1n) is 4.26. The van der Waals surface area contributed by atoms with E-state index in [0.717, 1.165) is 5.75 Å². The number of hydrogen-bond acceptors (Lipinski definition) is 4. The van der Waals surface area contributed by atoms with Gasteiger partial charge in [-0.25, -0.2) is 0 Å². The largest absolute Gasteiger partial charge is 0.396 e. The molecule has 2 atom stereocenters. The topological polar surface area (TPSA) is 46.2 Å². The molecule has 1 rings (SSSR count). The van der Waals surface area contributed by atoms with Crippen LogP contribution in [0.15, 0.2) is 16.8 Å². The molecule has 0 aliphatic heterocycles. The van der Waals surface area contributed by atoms with Gasteiger partial charge in [-0.05, 0) is 29.3 Å². The second kappa shape index (κ2) is 5.65. The first-order chi connectivity index (χ1) is 6.25. The second-order valence-electron chi connectivity index (χ2n) is 2.93. The minimum absolute atomic E-state index is 0.131. The minimum Gasteiger partial charge on any atom is -0.396 e. The molecule has 0 fully saturated rings. The molecule has 0 amide bonds. The van der Waals surface area contributed by atoms with Crippen LogP contribution in [0.2, 0.25) is 0 Å². The van der Waals surface area contributed by atoms with E-state index in [1.54, 1.807) is 23.1 Å². The van der Waals surface area contributed by atoms with Gasteiger partial charge in [0.2, 0.25) is 0 Å². The predicted octanol–water partition coefficient (Wildman–Crippen LogP) is 1.86. The van der Waals surface area contributed by atoms with E-state index in [2.05, 4.69) is 16.8 Å². The number of hydrogen-bond donors (Lipinski definition) is 2. The maximum absolute atomic E-state index is 8.74. The summed E-state index contributed by atoms with van der Waals surface area (Å²) in [6.07, 6.45) is 0. The van der Waals surface area contributed by atoms with Gasteiger partial charge in [0.1, 0.15) is 0 Å². The molecule has 1 aromatic heterocycles. The van der Waals surface area contributed by atoms with E-state index >= 15 is 0 Å². The molecule has 13 heavy (non-hydrogen) atoms.